The van der Waals surface area contributed by atoms with E-state index in [0.29, 0.717) is 24.4 Å². The molecule has 6 rings (SSSR count). The lowest BCUT2D eigenvalue weighted by Crippen LogP contribution is -2.56. The number of nitrogens with zero attached hydrogens (tertiary/aromatic N) is 4. The SMILES string of the molecule is CNC(=O)Nc1ccc(N2C=C3C(=CNN3C3CCC(OC)CC3)N(N3CC4CCC(C3)O4)C2)cc1. The smallest absolute Gasteiger partial charge is 0.318 e. The number of amides is 2. The number of nitrogens with one attached hydrogen (secondary N) is 3. The van der Waals surface area contributed by atoms with Crippen LogP contribution in [0.4, 0.5) is 16.2 Å². The van der Waals surface area contributed by atoms with Gasteiger partial charge in [0, 0.05) is 51.0 Å². The van der Waals surface area contributed by atoms with E-state index in [9.17, 15) is 4.79 Å². The quantitative estimate of drug-likeness (QED) is 0.575. The van der Waals surface area contributed by atoms with Crippen molar-refractivity contribution in [3.63, 3.8) is 0 Å². The van der Waals surface area contributed by atoms with E-state index in [1.165, 1.54) is 11.4 Å². The molecule has 4 aliphatic heterocycles. The lowest BCUT2D eigenvalue weighted by Gasteiger charge is -2.47. The number of carbonyl (C=O) groups is 1. The lowest BCUT2D eigenvalue weighted by atomic mass is 9.92. The average Bonchev–Trinajstić information content (AvgIpc) is 3.50. The van der Waals surface area contributed by atoms with Crippen molar-refractivity contribution in [1.29, 1.82) is 0 Å². The van der Waals surface area contributed by atoms with Crippen LogP contribution in [0.5, 0.6) is 0 Å². The number of morpholine rings is 1. The largest absolute Gasteiger partial charge is 0.381 e. The van der Waals surface area contributed by atoms with Crippen LogP contribution in [0.15, 0.2) is 48.1 Å². The first-order chi connectivity index (χ1) is 17.6. The summed E-state index contributed by atoms with van der Waals surface area (Å²) in [6.07, 6.45) is 12.1. The Morgan fingerprint density at radius 3 is 2.42 bits per heavy atom. The Morgan fingerprint density at radius 2 is 1.75 bits per heavy atom. The van der Waals surface area contributed by atoms with Crippen molar-refractivity contribution in [2.45, 2.75) is 62.9 Å². The Kier molecular flexibility index (Phi) is 6.41. The monoisotopic (exact) mass is 495 g/mol. The highest BCUT2D eigenvalue weighted by atomic mass is 16.5. The number of hydrogen-bond donors (Lipinski definition) is 3. The third-order valence-electron chi connectivity index (χ3n) is 8.10. The van der Waals surface area contributed by atoms with E-state index in [-0.39, 0.29) is 6.03 Å². The highest BCUT2D eigenvalue weighted by Gasteiger charge is 2.42. The maximum atomic E-state index is 11.7. The second-order valence-electron chi connectivity index (χ2n) is 10.3. The Labute approximate surface area is 212 Å². The molecule has 0 radical (unpaired) electrons. The van der Waals surface area contributed by atoms with Crippen LogP contribution in [0.25, 0.3) is 0 Å². The maximum Gasteiger partial charge on any atom is 0.318 e. The topological polar surface area (TPSA) is 84.6 Å². The Balaban J connectivity index is 1.26. The van der Waals surface area contributed by atoms with Gasteiger partial charge in [-0.15, -0.1) is 0 Å². The fraction of sp³-hybridized carbons (Fsp3) is 0.577. The van der Waals surface area contributed by atoms with Gasteiger partial charge in [-0.2, -0.15) is 0 Å². The summed E-state index contributed by atoms with van der Waals surface area (Å²) < 4.78 is 11.8. The lowest BCUT2D eigenvalue weighted by molar-refractivity contribution is -0.115. The number of urea groups is 1. The summed E-state index contributed by atoms with van der Waals surface area (Å²) in [4.78, 5) is 14.0. The number of anilines is 2. The number of rotatable bonds is 5. The van der Waals surface area contributed by atoms with E-state index >= 15 is 0 Å². The number of ether oxygens (including phenoxy) is 2. The molecule has 2 unspecified atom stereocenters. The molecule has 5 aliphatic rings. The van der Waals surface area contributed by atoms with Gasteiger partial charge in [-0.3, -0.25) is 10.0 Å². The zero-order valence-corrected chi connectivity index (χ0v) is 21.2. The van der Waals surface area contributed by atoms with Crippen LogP contribution in [0, 0.1) is 0 Å². The average molecular weight is 496 g/mol. The van der Waals surface area contributed by atoms with Crippen LogP contribution in [0.1, 0.15) is 38.5 Å². The Morgan fingerprint density at radius 1 is 1.03 bits per heavy atom. The zero-order valence-electron chi connectivity index (χ0n) is 21.2. The van der Waals surface area contributed by atoms with E-state index in [2.05, 4.69) is 60.5 Å². The molecule has 3 fully saturated rings. The van der Waals surface area contributed by atoms with Crippen molar-refractivity contribution in [1.82, 2.24) is 25.8 Å². The molecule has 1 aliphatic carbocycles. The number of hydrogen-bond acceptors (Lipinski definition) is 8. The third-order valence-corrected chi connectivity index (χ3v) is 8.10. The molecule has 2 atom stereocenters. The molecule has 10 heteroatoms. The van der Waals surface area contributed by atoms with Crippen molar-refractivity contribution in [2.75, 3.05) is 44.1 Å². The Hall–Kier alpha value is -2.95. The predicted octanol–water partition coefficient (Wildman–Crippen LogP) is 2.76. The highest BCUT2D eigenvalue weighted by molar-refractivity contribution is 5.89. The van der Waals surface area contributed by atoms with E-state index in [0.717, 1.165) is 69.7 Å². The summed E-state index contributed by atoms with van der Waals surface area (Å²) in [6.45, 7) is 2.56. The van der Waals surface area contributed by atoms with Gasteiger partial charge >= 0.3 is 6.03 Å². The standard InChI is InChI=1S/C26H37N7O3/c1-27-26(34)29-18-3-5-19(6-4-18)30-16-25-24(13-28-33(25)20-7-9-21(35-2)10-8-20)32(17-30)31-14-22-11-12-23(15-31)36-22/h3-6,13,16,20-23,28H,7-12,14-15,17H2,1-2H3,(H2,27,29,34). The molecule has 1 saturated carbocycles. The predicted molar refractivity (Wildman–Crippen MR) is 137 cm³/mol. The fourth-order valence-electron chi connectivity index (χ4n) is 6.10. The van der Waals surface area contributed by atoms with Gasteiger partial charge in [-0.05, 0) is 62.8 Å². The van der Waals surface area contributed by atoms with Crippen LogP contribution in [-0.2, 0) is 9.47 Å². The van der Waals surface area contributed by atoms with Crippen LogP contribution in [0.2, 0.25) is 0 Å². The van der Waals surface area contributed by atoms with Gasteiger partial charge in [0.05, 0.1) is 30.1 Å². The van der Waals surface area contributed by atoms with Crippen molar-refractivity contribution < 1.29 is 14.3 Å². The second kappa shape index (κ2) is 9.84. The zero-order chi connectivity index (χ0) is 24.6. The molecule has 0 spiro atoms. The van der Waals surface area contributed by atoms with E-state index in [1.54, 1.807) is 7.05 Å². The molecule has 10 nitrogen and oxygen atoms in total. The van der Waals surface area contributed by atoms with Gasteiger partial charge in [-0.1, -0.05) is 0 Å². The normalized spacial score (nSPS) is 29.9. The number of hydrazine groups is 2. The van der Waals surface area contributed by atoms with Crippen molar-refractivity contribution in [3.05, 3.63) is 48.1 Å². The van der Waals surface area contributed by atoms with Crippen LogP contribution in [-0.4, -0.2) is 79.3 Å². The molecule has 1 aromatic rings. The highest BCUT2D eigenvalue weighted by Crippen LogP contribution is 2.38. The molecule has 0 aromatic heterocycles. The summed E-state index contributed by atoms with van der Waals surface area (Å²) in [5.74, 6) is 0. The van der Waals surface area contributed by atoms with Gasteiger partial charge in [0.15, 0.2) is 0 Å². The minimum Gasteiger partial charge on any atom is -0.381 e. The number of carbonyl (C=O) groups excluding carboxylic acids is 1. The van der Waals surface area contributed by atoms with Gasteiger partial charge in [0.1, 0.15) is 12.4 Å². The van der Waals surface area contributed by atoms with Crippen LogP contribution < -0.4 is 21.0 Å². The fourth-order valence-corrected chi connectivity index (χ4v) is 6.10. The Bertz CT molecular complexity index is 1010. The van der Waals surface area contributed by atoms with Crippen molar-refractivity contribution >= 4 is 17.4 Å². The molecule has 3 N–H and O–H groups in total. The molecule has 194 valence electrons. The molecule has 2 saturated heterocycles. The van der Waals surface area contributed by atoms with E-state index in [4.69, 9.17) is 9.47 Å². The molecule has 2 amide bonds. The van der Waals surface area contributed by atoms with Crippen molar-refractivity contribution in [2.24, 2.45) is 0 Å². The number of benzene rings is 1. The molecule has 4 heterocycles. The van der Waals surface area contributed by atoms with E-state index < -0.39 is 0 Å². The van der Waals surface area contributed by atoms with Gasteiger partial charge in [-0.25, -0.2) is 9.80 Å². The summed E-state index contributed by atoms with van der Waals surface area (Å²) in [5.41, 5.74) is 7.87. The van der Waals surface area contributed by atoms with Gasteiger partial charge in [0.25, 0.3) is 0 Å². The minimum atomic E-state index is -0.221. The first kappa shape index (κ1) is 23.4. The molecule has 1 aromatic carbocycles. The number of fused-ring (bicyclic) bond motifs is 3. The van der Waals surface area contributed by atoms with Crippen LogP contribution in [0.3, 0.4) is 0 Å². The third kappa shape index (κ3) is 4.49. The minimum absolute atomic E-state index is 0.221. The molecule has 36 heavy (non-hydrogen) atoms. The summed E-state index contributed by atoms with van der Waals surface area (Å²) in [5, 5.41) is 12.7. The summed E-state index contributed by atoms with van der Waals surface area (Å²) in [6, 6.07) is 8.23. The number of methoxy groups -OCH3 is 1. The second-order valence-corrected chi connectivity index (χ2v) is 10.3. The first-order valence-corrected chi connectivity index (χ1v) is 13.1. The summed E-state index contributed by atoms with van der Waals surface area (Å²) in [7, 11) is 3.44. The molecule has 2 bridgehead atoms. The maximum absolute atomic E-state index is 11.7. The van der Waals surface area contributed by atoms with Crippen molar-refractivity contribution in [3.8, 4) is 0 Å². The van der Waals surface area contributed by atoms with Gasteiger partial charge in [0.2, 0.25) is 0 Å². The van der Waals surface area contributed by atoms with Gasteiger partial charge < -0.3 is 30.4 Å². The van der Waals surface area contributed by atoms with Crippen LogP contribution >= 0.6 is 0 Å². The molecular formula is C26H37N7O3. The molecular weight excluding hydrogens is 458 g/mol. The first-order valence-electron chi connectivity index (χ1n) is 13.1. The van der Waals surface area contributed by atoms with E-state index in [1.807, 2.05) is 19.2 Å². The summed E-state index contributed by atoms with van der Waals surface area (Å²) >= 11 is 0.